The molecule has 0 bridgehead atoms. The summed E-state index contributed by atoms with van der Waals surface area (Å²) in [5.41, 5.74) is 5.07. The van der Waals surface area contributed by atoms with Crippen molar-refractivity contribution in [3.05, 3.63) is 0 Å². The maximum absolute atomic E-state index is 12.0. The minimum Gasteiger partial charge on any atom is -0.370 e. The average molecular weight is 284 g/mol. The number of nitrogens with one attached hydrogen (secondary N) is 1. The molecule has 0 fully saturated rings. The summed E-state index contributed by atoms with van der Waals surface area (Å²) in [7, 11) is 1.56. The van der Waals surface area contributed by atoms with E-state index in [-0.39, 0.29) is 30.2 Å². The molecule has 0 saturated heterocycles. The second-order valence-electron chi connectivity index (χ2n) is 4.92. The molecule has 2 atom stereocenters. The summed E-state index contributed by atoms with van der Waals surface area (Å²) in [4.78, 5) is 45.7. The highest BCUT2D eigenvalue weighted by Crippen LogP contribution is 2.16. The standard InChI is InChI=1S/C14H24N2O4/c1-4-11(18)6-5-10(9(2)17)7-13(19)12(16-3)8-14(15)20/h10,12,16H,4-8H2,1-3H3,(H2,15,20). The van der Waals surface area contributed by atoms with E-state index in [1.54, 1.807) is 14.0 Å². The lowest BCUT2D eigenvalue weighted by atomic mass is 9.89. The molecule has 0 radical (unpaired) electrons. The fraction of sp³-hybridized carbons (Fsp3) is 0.714. The molecule has 1 amide bonds. The first kappa shape index (κ1) is 18.4. The molecule has 0 saturated carbocycles. The number of amides is 1. The van der Waals surface area contributed by atoms with Crippen molar-refractivity contribution in [2.45, 2.75) is 52.0 Å². The van der Waals surface area contributed by atoms with Crippen LogP contribution in [0.15, 0.2) is 0 Å². The largest absolute Gasteiger partial charge is 0.370 e. The van der Waals surface area contributed by atoms with Crippen LogP contribution in [0.4, 0.5) is 0 Å². The van der Waals surface area contributed by atoms with Crippen molar-refractivity contribution < 1.29 is 19.2 Å². The predicted octanol–water partition coefficient (Wildman–Crippen LogP) is 0.374. The number of primary amides is 1. The second-order valence-corrected chi connectivity index (χ2v) is 4.92. The van der Waals surface area contributed by atoms with E-state index >= 15 is 0 Å². The monoisotopic (exact) mass is 284 g/mol. The fourth-order valence-corrected chi connectivity index (χ4v) is 1.92. The lowest BCUT2D eigenvalue weighted by Crippen LogP contribution is -2.39. The van der Waals surface area contributed by atoms with E-state index in [1.807, 2.05) is 0 Å². The lowest BCUT2D eigenvalue weighted by molar-refractivity contribution is -0.129. The summed E-state index contributed by atoms with van der Waals surface area (Å²) in [5, 5.41) is 2.72. The molecule has 20 heavy (non-hydrogen) atoms. The molecule has 0 aromatic heterocycles. The molecular formula is C14H24N2O4. The number of Topliss-reactive ketones (excluding diaryl/α,β-unsaturated/α-hetero) is 3. The summed E-state index contributed by atoms with van der Waals surface area (Å²) >= 11 is 0. The van der Waals surface area contributed by atoms with Crippen molar-refractivity contribution in [3.8, 4) is 0 Å². The van der Waals surface area contributed by atoms with Gasteiger partial charge in [-0.25, -0.2) is 0 Å². The maximum Gasteiger partial charge on any atom is 0.219 e. The Bertz CT molecular complexity index is 379. The zero-order valence-electron chi connectivity index (χ0n) is 12.4. The van der Waals surface area contributed by atoms with Gasteiger partial charge in [0.05, 0.1) is 6.04 Å². The zero-order chi connectivity index (χ0) is 15.7. The van der Waals surface area contributed by atoms with E-state index in [4.69, 9.17) is 5.73 Å². The second kappa shape index (κ2) is 9.36. The first-order valence-corrected chi connectivity index (χ1v) is 6.82. The molecule has 6 nitrogen and oxygen atoms in total. The fourth-order valence-electron chi connectivity index (χ4n) is 1.92. The molecular weight excluding hydrogens is 260 g/mol. The summed E-state index contributed by atoms with van der Waals surface area (Å²) < 4.78 is 0. The van der Waals surface area contributed by atoms with Gasteiger partial charge in [0, 0.05) is 31.6 Å². The summed E-state index contributed by atoms with van der Waals surface area (Å²) in [6, 6.07) is -0.670. The van der Waals surface area contributed by atoms with Gasteiger partial charge in [-0.2, -0.15) is 0 Å². The third-order valence-corrected chi connectivity index (χ3v) is 3.33. The van der Waals surface area contributed by atoms with E-state index in [0.29, 0.717) is 19.3 Å². The normalized spacial score (nSPS) is 13.6. The Morgan fingerprint density at radius 1 is 1.15 bits per heavy atom. The van der Waals surface area contributed by atoms with Gasteiger partial charge in [-0.15, -0.1) is 0 Å². The minimum atomic E-state index is -0.670. The van der Waals surface area contributed by atoms with Gasteiger partial charge in [0.2, 0.25) is 5.91 Å². The van der Waals surface area contributed by atoms with Crippen molar-refractivity contribution >= 4 is 23.3 Å². The molecule has 2 unspecified atom stereocenters. The van der Waals surface area contributed by atoms with E-state index in [9.17, 15) is 19.2 Å². The molecule has 114 valence electrons. The number of hydrogen-bond donors (Lipinski definition) is 2. The van der Waals surface area contributed by atoms with Crippen LogP contribution in [0, 0.1) is 5.92 Å². The van der Waals surface area contributed by atoms with Crippen LogP contribution in [0.2, 0.25) is 0 Å². The van der Waals surface area contributed by atoms with Gasteiger partial charge < -0.3 is 11.1 Å². The van der Waals surface area contributed by atoms with Gasteiger partial charge in [0.1, 0.15) is 11.6 Å². The van der Waals surface area contributed by atoms with E-state index in [0.717, 1.165) is 0 Å². The predicted molar refractivity (Wildman–Crippen MR) is 75.0 cm³/mol. The van der Waals surface area contributed by atoms with Crippen molar-refractivity contribution in [1.29, 1.82) is 0 Å². The number of carbonyl (C=O) groups is 4. The average Bonchev–Trinajstić information content (AvgIpc) is 2.39. The molecule has 6 heteroatoms. The van der Waals surface area contributed by atoms with Gasteiger partial charge in [0.15, 0.2) is 5.78 Å². The van der Waals surface area contributed by atoms with Crippen LogP contribution in [0.3, 0.4) is 0 Å². The molecule has 0 aliphatic rings. The summed E-state index contributed by atoms with van der Waals surface area (Å²) in [6.45, 7) is 3.18. The van der Waals surface area contributed by atoms with E-state index in [2.05, 4.69) is 5.32 Å². The van der Waals surface area contributed by atoms with Crippen LogP contribution in [0.1, 0.15) is 46.0 Å². The molecule has 0 aromatic rings. The molecule has 0 aliphatic carbocycles. The molecule has 3 N–H and O–H groups in total. The van der Waals surface area contributed by atoms with Gasteiger partial charge >= 0.3 is 0 Å². The third kappa shape index (κ3) is 7.13. The van der Waals surface area contributed by atoms with Crippen LogP contribution >= 0.6 is 0 Å². The van der Waals surface area contributed by atoms with E-state index < -0.39 is 17.9 Å². The Labute approximate surface area is 119 Å². The summed E-state index contributed by atoms with van der Waals surface area (Å²) in [6.07, 6.45) is 1.05. The van der Waals surface area contributed by atoms with Gasteiger partial charge in [0.25, 0.3) is 0 Å². The Morgan fingerprint density at radius 3 is 2.15 bits per heavy atom. The Balaban J connectivity index is 4.56. The molecule has 0 aliphatic heterocycles. The number of carbonyl (C=O) groups excluding carboxylic acids is 4. The molecule has 0 heterocycles. The van der Waals surface area contributed by atoms with Crippen LogP contribution in [-0.2, 0) is 19.2 Å². The number of rotatable bonds is 11. The Morgan fingerprint density at radius 2 is 1.75 bits per heavy atom. The smallest absolute Gasteiger partial charge is 0.219 e. The molecule has 0 rings (SSSR count). The Hall–Kier alpha value is -1.56. The van der Waals surface area contributed by atoms with Gasteiger partial charge in [-0.3, -0.25) is 19.2 Å². The Kier molecular flexibility index (Phi) is 8.63. The van der Waals surface area contributed by atoms with Crippen molar-refractivity contribution in [2.75, 3.05) is 7.05 Å². The van der Waals surface area contributed by atoms with Crippen molar-refractivity contribution in [3.63, 3.8) is 0 Å². The van der Waals surface area contributed by atoms with E-state index in [1.165, 1.54) is 6.92 Å². The highest BCUT2D eigenvalue weighted by molar-refractivity contribution is 5.92. The van der Waals surface area contributed by atoms with Crippen LogP contribution in [-0.4, -0.2) is 36.3 Å². The number of likely N-dealkylation sites (N-methyl/N-ethyl adjacent to an activating group) is 1. The minimum absolute atomic E-state index is 0.0329. The highest BCUT2D eigenvalue weighted by atomic mass is 16.2. The third-order valence-electron chi connectivity index (χ3n) is 3.33. The molecule has 0 spiro atoms. The maximum atomic E-state index is 12.0. The first-order chi connectivity index (χ1) is 9.31. The van der Waals surface area contributed by atoms with Crippen molar-refractivity contribution in [2.24, 2.45) is 11.7 Å². The van der Waals surface area contributed by atoms with Crippen LogP contribution in [0.25, 0.3) is 0 Å². The van der Waals surface area contributed by atoms with Gasteiger partial charge in [-0.1, -0.05) is 6.92 Å². The van der Waals surface area contributed by atoms with Crippen LogP contribution < -0.4 is 11.1 Å². The van der Waals surface area contributed by atoms with Gasteiger partial charge in [-0.05, 0) is 20.4 Å². The quantitative estimate of drug-likeness (QED) is 0.570. The van der Waals surface area contributed by atoms with Crippen LogP contribution in [0.5, 0.6) is 0 Å². The van der Waals surface area contributed by atoms with Crippen molar-refractivity contribution in [1.82, 2.24) is 5.32 Å². The highest BCUT2D eigenvalue weighted by Gasteiger charge is 2.25. The zero-order valence-corrected chi connectivity index (χ0v) is 12.4. The molecule has 0 aromatic carbocycles. The number of nitrogens with two attached hydrogens (primary N) is 1. The first-order valence-electron chi connectivity index (χ1n) is 6.82. The topological polar surface area (TPSA) is 106 Å². The summed E-state index contributed by atoms with van der Waals surface area (Å²) in [5.74, 6) is -1.31. The SMILES string of the molecule is CCC(=O)CCC(CC(=O)C(CC(N)=O)NC)C(C)=O. The number of hydrogen-bond acceptors (Lipinski definition) is 5. The number of ketones is 3. The lowest BCUT2D eigenvalue weighted by Gasteiger charge is -2.17.